The Morgan fingerprint density at radius 2 is 2.05 bits per heavy atom. The van der Waals surface area contributed by atoms with Gasteiger partial charge in [-0.05, 0) is 18.4 Å². The Hall–Kier alpha value is -1.72. The average molecular weight is 259 g/mol. The molecule has 5 heteroatoms. The van der Waals surface area contributed by atoms with E-state index in [1.165, 1.54) is 5.56 Å². The molecular weight excluding hydrogens is 242 g/mol. The van der Waals surface area contributed by atoms with E-state index in [2.05, 4.69) is 22.3 Å². The zero-order valence-electron chi connectivity index (χ0n) is 10.6. The second-order valence-electron chi connectivity index (χ2n) is 5.05. The fourth-order valence-corrected chi connectivity index (χ4v) is 2.59. The molecule has 0 spiro atoms. The minimum absolute atomic E-state index is 0.141. The quantitative estimate of drug-likeness (QED) is 0.869. The minimum Gasteiger partial charge on any atom is -0.394 e. The Morgan fingerprint density at radius 1 is 1.32 bits per heavy atom. The Morgan fingerprint density at radius 3 is 2.63 bits per heavy atom. The summed E-state index contributed by atoms with van der Waals surface area (Å²) in [4.78, 5) is 4.39. The minimum atomic E-state index is -0.603. The number of hydrogen-bond acceptors (Lipinski definition) is 5. The van der Waals surface area contributed by atoms with Gasteiger partial charge in [-0.2, -0.15) is 4.98 Å². The van der Waals surface area contributed by atoms with E-state index in [0.29, 0.717) is 11.7 Å². The van der Waals surface area contributed by atoms with E-state index in [-0.39, 0.29) is 12.0 Å². The molecule has 0 saturated heterocycles. The van der Waals surface area contributed by atoms with Crippen molar-refractivity contribution in [3.8, 4) is 0 Å². The molecule has 0 radical (unpaired) electrons. The van der Waals surface area contributed by atoms with Gasteiger partial charge >= 0.3 is 0 Å². The maximum absolute atomic E-state index is 9.04. The first-order chi connectivity index (χ1) is 9.26. The van der Waals surface area contributed by atoms with Gasteiger partial charge < -0.3 is 15.4 Å². The lowest BCUT2D eigenvalue weighted by molar-refractivity contribution is 0.234. The van der Waals surface area contributed by atoms with Gasteiger partial charge in [-0.3, -0.25) is 0 Å². The largest absolute Gasteiger partial charge is 0.394 e. The lowest BCUT2D eigenvalue weighted by Crippen LogP contribution is -2.36. The Balaban J connectivity index is 1.97. The van der Waals surface area contributed by atoms with Crippen LogP contribution in [0.15, 0.2) is 34.9 Å². The Kier molecular flexibility index (Phi) is 3.08. The molecule has 1 aliphatic rings. The van der Waals surface area contributed by atoms with Crippen molar-refractivity contribution in [2.75, 3.05) is 6.61 Å². The molecule has 19 heavy (non-hydrogen) atoms. The predicted octanol–water partition coefficient (Wildman–Crippen LogP) is 1.53. The molecule has 0 bridgehead atoms. The highest BCUT2D eigenvalue weighted by molar-refractivity contribution is 5.35. The molecule has 3 N–H and O–H groups in total. The Bertz CT molecular complexity index is 549. The van der Waals surface area contributed by atoms with Crippen molar-refractivity contribution in [2.24, 2.45) is 5.73 Å². The van der Waals surface area contributed by atoms with Crippen LogP contribution in [-0.2, 0) is 5.41 Å². The van der Waals surface area contributed by atoms with Gasteiger partial charge in [0.15, 0.2) is 5.82 Å². The molecule has 1 saturated carbocycles. The third-order valence-corrected chi connectivity index (χ3v) is 3.92. The Labute approximate surface area is 111 Å². The van der Waals surface area contributed by atoms with E-state index < -0.39 is 6.04 Å². The first kappa shape index (κ1) is 12.3. The van der Waals surface area contributed by atoms with Crippen molar-refractivity contribution in [3.63, 3.8) is 0 Å². The fourth-order valence-electron chi connectivity index (χ4n) is 2.59. The maximum Gasteiger partial charge on any atom is 0.245 e. The van der Waals surface area contributed by atoms with E-state index in [0.717, 1.165) is 19.3 Å². The standard InChI is InChI=1S/C14H17N3O2/c15-11(9-18)12-16-13(17-19-12)14(7-4-8-14)10-5-2-1-3-6-10/h1-3,5-6,11,18H,4,7-9,15H2/t11-/m0/s1. The lowest BCUT2D eigenvalue weighted by atomic mass is 9.64. The highest BCUT2D eigenvalue weighted by Crippen LogP contribution is 2.47. The number of aromatic nitrogens is 2. The molecule has 5 nitrogen and oxygen atoms in total. The van der Waals surface area contributed by atoms with Gasteiger partial charge in [-0.1, -0.05) is 41.9 Å². The van der Waals surface area contributed by atoms with Crippen LogP contribution in [0.4, 0.5) is 0 Å². The van der Waals surface area contributed by atoms with Gasteiger partial charge in [-0.15, -0.1) is 0 Å². The SMILES string of the molecule is N[C@@H](CO)c1nc(C2(c3ccccc3)CCC2)no1. The third kappa shape index (κ3) is 1.95. The van der Waals surface area contributed by atoms with Crippen LogP contribution in [0, 0.1) is 0 Å². The number of hydrogen-bond donors (Lipinski definition) is 2. The molecule has 1 atom stereocenters. The van der Waals surface area contributed by atoms with E-state index in [1.54, 1.807) is 0 Å². The number of benzene rings is 1. The van der Waals surface area contributed by atoms with Crippen molar-refractivity contribution in [1.82, 2.24) is 10.1 Å². The number of aliphatic hydroxyl groups is 1. The van der Waals surface area contributed by atoms with Gasteiger partial charge in [0.25, 0.3) is 0 Å². The lowest BCUT2D eigenvalue weighted by Gasteiger charge is -2.39. The summed E-state index contributed by atoms with van der Waals surface area (Å²) < 4.78 is 5.17. The summed E-state index contributed by atoms with van der Waals surface area (Å²) in [5, 5.41) is 13.1. The van der Waals surface area contributed by atoms with Crippen molar-refractivity contribution in [3.05, 3.63) is 47.6 Å². The highest BCUT2D eigenvalue weighted by atomic mass is 16.5. The predicted molar refractivity (Wildman–Crippen MR) is 69.4 cm³/mol. The summed E-state index contributed by atoms with van der Waals surface area (Å²) in [7, 11) is 0. The zero-order chi connectivity index (χ0) is 13.3. The normalized spacial score (nSPS) is 18.8. The van der Waals surface area contributed by atoms with Crippen LogP contribution in [-0.4, -0.2) is 21.9 Å². The number of rotatable bonds is 4. The molecule has 1 heterocycles. The van der Waals surface area contributed by atoms with Crippen LogP contribution < -0.4 is 5.73 Å². The third-order valence-electron chi connectivity index (χ3n) is 3.92. The monoisotopic (exact) mass is 259 g/mol. The van der Waals surface area contributed by atoms with Crippen LogP contribution in [0.5, 0.6) is 0 Å². The van der Waals surface area contributed by atoms with Crippen LogP contribution in [0.3, 0.4) is 0 Å². The molecule has 1 fully saturated rings. The van der Waals surface area contributed by atoms with E-state index in [4.69, 9.17) is 15.4 Å². The van der Waals surface area contributed by atoms with Gasteiger partial charge in [0.05, 0.1) is 12.0 Å². The maximum atomic E-state index is 9.04. The van der Waals surface area contributed by atoms with Crippen molar-refractivity contribution in [2.45, 2.75) is 30.7 Å². The van der Waals surface area contributed by atoms with E-state index >= 15 is 0 Å². The topological polar surface area (TPSA) is 85.2 Å². The number of nitrogens with zero attached hydrogens (tertiary/aromatic N) is 2. The molecule has 0 amide bonds. The van der Waals surface area contributed by atoms with Gasteiger partial charge in [0.1, 0.15) is 6.04 Å². The zero-order valence-corrected chi connectivity index (χ0v) is 10.6. The summed E-state index contributed by atoms with van der Waals surface area (Å²) in [6, 6.07) is 9.64. The first-order valence-electron chi connectivity index (χ1n) is 6.52. The smallest absolute Gasteiger partial charge is 0.245 e. The van der Waals surface area contributed by atoms with Crippen molar-refractivity contribution >= 4 is 0 Å². The van der Waals surface area contributed by atoms with E-state index in [9.17, 15) is 0 Å². The summed E-state index contributed by atoms with van der Waals surface area (Å²) in [6.07, 6.45) is 3.19. The van der Waals surface area contributed by atoms with Crippen LogP contribution in [0.1, 0.15) is 42.6 Å². The molecular formula is C14H17N3O2. The van der Waals surface area contributed by atoms with Gasteiger partial charge in [0, 0.05) is 0 Å². The molecule has 1 aromatic heterocycles. The van der Waals surface area contributed by atoms with Crippen LogP contribution in [0.25, 0.3) is 0 Å². The summed E-state index contributed by atoms with van der Waals surface area (Å²) in [5.41, 5.74) is 6.78. The van der Waals surface area contributed by atoms with Gasteiger partial charge in [-0.25, -0.2) is 0 Å². The summed E-state index contributed by atoms with van der Waals surface area (Å²) >= 11 is 0. The number of aliphatic hydroxyl groups excluding tert-OH is 1. The van der Waals surface area contributed by atoms with Crippen molar-refractivity contribution < 1.29 is 9.63 Å². The molecule has 0 unspecified atom stereocenters. The highest BCUT2D eigenvalue weighted by Gasteiger charge is 2.44. The average Bonchev–Trinajstić information content (AvgIpc) is 2.88. The van der Waals surface area contributed by atoms with Crippen LogP contribution in [0.2, 0.25) is 0 Å². The second kappa shape index (κ2) is 4.75. The molecule has 3 rings (SSSR count). The van der Waals surface area contributed by atoms with Crippen LogP contribution >= 0.6 is 0 Å². The molecule has 100 valence electrons. The summed E-state index contributed by atoms with van der Waals surface area (Å²) in [6.45, 7) is -0.194. The fraction of sp³-hybridized carbons (Fsp3) is 0.429. The molecule has 2 aromatic rings. The summed E-state index contributed by atoms with van der Waals surface area (Å²) in [5.74, 6) is 0.989. The second-order valence-corrected chi connectivity index (χ2v) is 5.05. The molecule has 1 aromatic carbocycles. The first-order valence-corrected chi connectivity index (χ1v) is 6.52. The molecule has 1 aliphatic carbocycles. The molecule has 0 aliphatic heterocycles. The van der Waals surface area contributed by atoms with Gasteiger partial charge in [0.2, 0.25) is 5.89 Å². The van der Waals surface area contributed by atoms with E-state index in [1.807, 2.05) is 18.2 Å². The number of nitrogens with two attached hydrogens (primary N) is 1. The van der Waals surface area contributed by atoms with Crippen molar-refractivity contribution in [1.29, 1.82) is 0 Å².